The zero-order valence-electron chi connectivity index (χ0n) is 10.4. The smallest absolute Gasteiger partial charge is 0.354 e. The maximum atomic E-state index is 12.6. The van der Waals surface area contributed by atoms with E-state index >= 15 is 0 Å². The normalized spacial score (nSPS) is 11.6. The first kappa shape index (κ1) is 13.8. The molecule has 0 aliphatic heterocycles. The van der Waals surface area contributed by atoms with Crippen LogP contribution in [0.25, 0.3) is 0 Å². The lowest BCUT2D eigenvalue weighted by atomic mass is 10.3. The molecule has 0 radical (unpaired) electrons. The largest absolute Gasteiger partial charge is 0.433 e. The van der Waals surface area contributed by atoms with E-state index in [0.717, 1.165) is 17.3 Å². The maximum absolute atomic E-state index is 12.6. The van der Waals surface area contributed by atoms with E-state index in [0.29, 0.717) is 6.54 Å². The van der Waals surface area contributed by atoms with E-state index in [-0.39, 0.29) is 5.82 Å². The van der Waals surface area contributed by atoms with E-state index in [1.54, 1.807) is 23.3 Å². The Morgan fingerprint density at radius 2 is 2.00 bits per heavy atom. The van der Waals surface area contributed by atoms with Crippen molar-refractivity contribution in [3.63, 3.8) is 0 Å². The second-order valence-corrected chi connectivity index (χ2v) is 5.50. The summed E-state index contributed by atoms with van der Waals surface area (Å²) in [5.41, 5.74) is -0.924. The van der Waals surface area contributed by atoms with Gasteiger partial charge in [-0.25, -0.2) is 9.97 Å². The monoisotopic (exact) mass is 287 g/mol. The molecule has 2 aromatic rings. The molecular weight excluding hydrogens is 275 g/mol. The van der Waals surface area contributed by atoms with Crippen molar-refractivity contribution in [1.29, 1.82) is 0 Å². The number of halogens is 3. The van der Waals surface area contributed by atoms with E-state index < -0.39 is 11.9 Å². The van der Waals surface area contributed by atoms with Gasteiger partial charge in [0.1, 0.15) is 17.8 Å². The van der Waals surface area contributed by atoms with Gasteiger partial charge in [0.2, 0.25) is 0 Å². The van der Waals surface area contributed by atoms with E-state index in [2.05, 4.69) is 9.97 Å². The SMILES string of the molecule is Cc1ccc(CN(C)c2cc(C(F)(F)F)ncn2)s1. The molecule has 0 fully saturated rings. The molecule has 0 bridgehead atoms. The van der Waals surface area contributed by atoms with Crippen LogP contribution in [-0.4, -0.2) is 17.0 Å². The molecule has 0 saturated heterocycles. The number of aromatic nitrogens is 2. The molecule has 0 aliphatic rings. The number of aryl methyl sites for hydroxylation is 1. The number of hydrogen-bond acceptors (Lipinski definition) is 4. The van der Waals surface area contributed by atoms with Crippen LogP contribution in [0.3, 0.4) is 0 Å². The van der Waals surface area contributed by atoms with Crippen molar-refractivity contribution < 1.29 is 13.2 Å². The van der Waals surface area contributed by atoms with Crippen LogP contribution in [-0.2, 0) is 12.7 Å². The lowest BCUT2D eigenvalue weighted by Crippen LogP contribution is -2.18. The Morgan fingerprint density at radius 3 is 2.58 bits per heavy atom. The predicted molar refractivity (Wildman–Crippen MR) is 68.2 cm³/mol. The fourth-order valence-electron chi connectivity index (χ4n) is 1.60. The molecule has 0 aliphatic carbocycles. The van der Waals surface area contributed by atoms with E-state index in [1.807, 2.05) is 19.1 Å². The average Bonchev–Trinajstić information content (AvgIpc) is 2.74. The summed E-state index contributed by atoms with van der Waals surface area (Å²) in [6.45, 7) is 2.51. The highest BCUT2D eigenvalue weighted by atomic mass is 32.1. The van der Waals surface area contributed by atoms with Crippen molar-refractivity contribution in [2.24, 2.45) is 0 Å². The van der Waals surface area contributed by atoms with Crippen LogP contribution in [0.4, 0.5) is 19.0 Å². The molecule has 0 spiro atoms. The Bertz CT molecular complexity index is 565. The lowest BCUT2D eigenvalue weighted by Gasteiger charge is -2.18. The summed E-state index contributed by atoms with van der Waals surface area (Å²) in [5.74, 6) is 0.258. The van der Waals surface area contributed by atoms with Gasteiger partial charge in [-0.15, -0.1) is 11.3 Å². The number of hydrogen-bond donors (Lipinski definition) is 0. The van der Waals surface area contributed by atoms with Gasteiger partial charge in [0, 0.05) is 22.9 Å². The van der Waals surface area contributed by atoms with Gasteiger partial charge in [-0.2, -0.15) is 13.2 Å². The number of nitrogens with zero attached hydrogens (tertiary/aromatic N) is 3. The molecule has 2 rings (SSSR count). The summed E-state index contributed by atoms with van der Waals surface area (Å²) in [4.78, 5) is 11.0. The zero-order chi connectivity index (χ0) is 14.0. The molecule has 2 heterocycles. The predicted octanol–water partition coefficient (Wildman–Crippen LogP) is 3.50. The van der Waals surface area contributed by atoms with Gasteiger partial charge < -0.3 is 4.90 Å². The van der Waals surface area contributed by atoms with Gasteiger partial charge in [0.25, 0.3) is 0 Å². The van der Waals surface area contributed by atoms with Gasteiger partial charge in [-0.3, -0.25) is 0 Å². The second kappa shape index (κ2) is 5.16. The molecule has 7 heteroatoms. The molecule has 102 valence electrons. The van der Waals surface area contributed by atoms with Gasteiger partial charge in [0.15, 0.2) is 0 Å². The number of anilines is 1. The van der Waals surface area contributed by atoms with Gasteiger partial charge >= 0.3 is 6.18 Å². The topological polar surface area (TPSA) is 29.0 Å². The van der Waals surface area contributed by atoms with Crippen molar-refractivity contribution in [2.45, 2.75) is 19.6 Å². The number of thiophene rings is 1. The minimum atomic E-state index is -4.45. The molecule has 3 nitrogen and oxygen atoms in total. The van der Waals surface area contributed by atoms with Crippen LogP contribution in [0.2, 0.25) is 0 Å². The Kier molecular flexibility index (Phi) is 3.75. The van der Waals surface area contributed by atoms with E-state index in [9.17, 15) is 13.2 Å². The van der Waals surface area contributed by atoms with Gasteiger partial charge in [-0.05, 0) is 19.1 Å². The van der Waals surface area contributed by atoms with Crippen LogP contribution >= 0.6 is 11.3 Å². The van der Waals surface area contributed by atoms with Crippen molar-refractivity contribution in [1.82, 2.24) is 9.97 Å². The van der Waals surface area contributed by atoms with Crippen molar-refractivity contribution in [2.75, 3.05) is 11.9 Å². The zero-order valence-corrected chi connectivity index (χ0v) is 11.2. The fraction of sp³-hybridized carbons (Fsp3) is 0.333. The highest BCUT2D eigenvalue weighted by Gasteiger charge is 2.33. The Morgan fingerprint density at radius 1 is 1.26 bits per heavy atom. The van der Waals surface area contributed by atoms with Gasteiger partial charge in [0.05, 0.1) is 6.54 Å². The van der Waals surface area contributed by atoms with Crippen LogP contribution < -0.4 is 4.90 Å². The summed E-state index contributed by atoms with van der Waals surface area (Å²) in [6.07, 6.45) is -3.51. The number of alkyl halides is 3. The first-order chi connectivity index (χ1) is 8.86. The standard InChI is InChI=1S/C12H12F3N3S/c1-8-3-4-9(19-8)6-18(2)11-5-10(12(13,14)15)16-7-17-11/h3-5,7H,6H2,1-2H3. The third-order valence-corrected chi connectivity index (χ3v) is 3.51. The third kappa shape index (κ3) is 3.44. The second-order valence-electron chi connectivity index (χ2n) is 4.13. The van der Waals surface area contributed by atoms with Crippen LogP contribution in [0.15, 0.2) is 24.5 Å². The molecule has 0 N–H and O–H groups in total. The Hall–Kier alpha value is -1.63. The van der Waals surface area contributed by atoms with Crippen molar-refractivity contribution in [3.8, 4) is 0 Å². The molecule has 0 saturated carbocycles. The van der Waals surface area contributed by atoms with E-state index in [4.69, 9.17) is 0 Å². The molecular formula is C12H12F3N3S. The summed E-state index contributed by atoms with van der Waals surface area (Å²) >= 11 is 1.61. The third-order valence-electron chi connectivity index (χ3n) is 2.52. The molecule has 2 aromatic heterocycles. The summed E-state index contributed by atoms with van der Waals surface area (Å²) < 4.78 is 37.7. The van der Waals surface area contributed by atoms with Crippen LogP contribution in [0.5, 0.6) is 0 Å². The summed E-state index contributed by atoms with van der Waals surface area (Å²) in [5, 5.41) is 0. The summed E-state index contributed by atoms with van der Waals surface area (Å²) in [7, 11) is 1.71. The average molecular weight is 287 g/mol. The quantitative estimate of drug-likeness (QED) is 0.865. The molecule has 0 atom stereocenters. The minimum Gasteiger partial charge on any atom is -0.354 e. The highest BCUT2D eigenvalue weighted by molar-refractivity contribution is 7.11. The first-order valence-electron chi connectivity index (χ1n) is 5.52. The summed E-state index contributed by atoms with van der Waals surface area (Å²) in [6, 6.07) is 4.90. The maximum Gasteiger partial charge on any atom is 0.433 e. The van der Waals surface area contributed by atoms with Crippen LogP contribution in [0, 0.1) is 6.92 Å². The molecule has 0 aromatic carbocycles. The van der Waals surface area contributed by atoms with E-state index in [1.165, 1.54) is 4.88 Å². The number of rotatable bonds is 3. The Balaban J connectivity index is 2.17. The van der Waals surface area contributed by atoms with Crippen molar-refractivity contribution >= 4 is 17.2 Å². The fourth-order valence-corrected chi connectivity index (χ4v) is 2.54. The molecule has 0 unspecified atom stereocenters. The highest BCUT2D eigenvalue weighted by Crippen LogP contribution is 2.29. The minimum absolute atomic E-state index is 0.258. The first-order valence-corrected chi connectivity index (χ1v) is 6.33. The lowest BCUT2D eigenvalue weighted by molar-refractivity contribution is -0.141. The Labute approximate surface area is 112 Å². The molecule has 19 heavy (non-hydrogen) atoms. The van der Waals surface area contributed by atoms with Gasteiger partial charge in [-0.1, -0.05) is 0 Å². The van der Waals surface area contributed by atoms with Crippen LogP contribution in [0.1, 0.15) is 15.4 Å². The molecule has 0 amide bonds. The van der Waals surface area contributed by atoms with Crippen molar-refractivity contribution in [3.05, 3.63) is 40.0 Å².